The number of ether oxygens (including phenoxy) is 2. The van der Waals surface area contributed by atoms with E-state index in [1.54, 1.807) is 0 Å². The van der Waals surface area contributed by atoms with Crippen molar-refractivity contribution in [2.75, 3.05) is 13.2 Å². The molecule has 0 aromatic carbocycles. The number of ketones is 2. The van der Waals surface area contributed by atoms with Crippen molar-refractivity contribution >= 4 is 35.4 Å². The van der Waals surface area contributed by atoms with Gasteiger partial charge in [-0.1, -0.05) is 0 Å². The Kier molecular flexibility index (Phi) is 20.9. The minimum absolute atomic E-state index is 0. The SMILES string of the molecule is CC(=O)CCCCCOC(=O)C(CC(=O)O)C(CC(=O)O)C(=O)OCCCCCC(C)=O.[H-].[K+]. The van der Waals surface area contributed by atoms with Gasteiger partial charge in [-0.25, -0.2) is 0 Å². The molecule has 0 aliphatic rings. The third-order valence-electron chi connectivity index (χ3n) is 4.72. The third-order valence-corrected chi connectivity index (χ3v) is 4.72. The number of hydrogen-bond acceptors (Lipinski definition) is 8. The fourth-order valence-corrected chi connectivity index (χ4v) is 3.02. The summed E-state index contributed by atoms with van der Waals surface area (Å²) < 4.78 is 10.2. The van der Waals surface area contributed by atoms with Gasteiger partial charge in [0.15, 0.2) is 0 Å². The molecular weight excluding hydrogens is 463 g/mol. The molecule has 33 heavy (non-hydrogen) atoms. The predicted molar refractivity (Wildman–Crippen MR) is 113 cm³/mol. The second-order valence-electron chi connectivity index (χ2n) is 7.77. The maximum Gasteiger partial charge on any atom is 1.00 e. The van der Waals surface area contributed by atoms with Crippen LogP contribution in [0.15, 0.2) is 0 Å². The standard InChI is InChI=1S/C22H34O10.K.H/c1-15(23)9-5-3-7-11-31-21(29)17(13-19(25)26)18(14-20(27)28)22(30)32-12-8-4-6-10-16(2)24;;/h17-18H,3-14H2,1-2H3,(H,25,26)(H,27,28);;/q;+1;-1. The number of hydrogen-bond donors (Lipinski definition) is 2. The number of carbonyl (C=O) groups is 6. The smallest absolute Gasteiger partial charge is 1.00 e. The van der Waals surface area contributed by atoms with E-state index in [2.05, 4.69) is 0 Å². The molecule has 11 heteroatoms. The Morgan fingerprint density at radius 2 is 0.970 bits per heavy atom. The van der Waals surface area contributed by atoms with E-state index >= 15 is 0 Å². The molecule has 184 valence electrons. The van der Waals surface area contributed by atoms with Crippen LogP contribution in [0.25, 0.3) is 0 Å². The van der Waals surface area contributed by atoms with Gasteiger partial charge in [-0.05, 0) is 52.4 Å². The Hall–Kier alpha value is -1.14. The first-order valence-corrected chi connectivity index (χ1v) is 10.8. The second kappa shape index (κ2) is 20.2. The number of Topliss-reactive ketones (excluding diaryl/α,β-unsaturated/α-hetero) is 2. The quantitative estimate of drug-likeness (QED) is 0.137. The molecular formula is C22H35KO10. The number of carboxylic acids is 2. The Morgan fingerprint density at radius 3 is 1.24 bits per heavy atom. The van der Waals surface area contributed by atoms with E-state index in [1.807, 2.05) is 0 Å². The van der Waals surface area contributed by atoms with E-state index < -0.39 is 48.6 Å². The van der Waals surface area contributed by atoms with Gasteiger partial charge in [0.1, 0.15) is 11.6 Å². The Bertz CT molecular complexity index is 612. The molecule has 0 heterocycles. The van der Waals surface area contributed by atoms with E-state index in [-0.39, 0.29) is 77.6 Å². The van der Waals surface area contributed by atoms with Crippen LogP contribution < -0.4 is 51.4 Å². The van der Waals surface area contributed by atoms with Crippen LogP contribution in [0.4, 0.5) is 0 Å². The van der Waals surface area contributed by atoms with E-state index in [0.29, 0.717) is 51.4 Å². The first-order valence-electron chi connectivity index (χ1n) is 10.8. The van der Waals surface area contributed by atoms with Crippen LogP contribution in [0.1, 0.15) is 79.5 Å². The summed E-state index contributed by atoms with van der Waals surface area (Å²) in [6.45, 7) is 2.89. The van der Waals surface area contributed by atoms with E-state index in [9.17, 15) is 28.8 Å². The van der Waals surface area contributed by atoms with Gasteiger partial charge in [0, 0.05) is 12.8 Å². The van der Waals surface area contributed by atoms with Crippen molar-refractivity contribution in [1.29, 1.82) is 0 Å². The van der Waals surface area contributed by atoms with Crippen LogP contribution in [-0.4, -0.2) is 58.9 Å². The van der Waals surface area contributed by atoms with Crippen LogP contribution in [0, 0.1) is 11.8 Å². The molecule has 0 fully saturated rings. The van der Waals surface area contributed by atoms with Crippen molar-refractivity contribution in [3.63, 3.8) is 0 Å². The topological polar surface area (TPSA) is 161 Å². The van der Waals surface area contributed by atoms with Crippen molar-refractivity contribution in [3.05, 3.63) is 0 Å². The molecule has 0 bridgehead atoms. The first kappa shape index (κ1) is 34.0. The predicted octanol–water partition coefficient (Wildman–Crippen LogP) is -0.330. The minimum atomic E-state index is -1.49. The summed E-state index contributed by atoms with van der Waals surface area (Å²) in [5.74, 6) is -7.57. The number of unbranched alkanes of at least 4 members (excludes halogenated alkanes) is 4. The van der Waals surface area contributed by atoms with Crippen LogP contribution in [-0.2, 0) is 38.2 Å². The largest absolute Gasteiger partial charge is 1.00 e. The molecule has 10 nitrogen and oxygen atoms in total. The molecule has 2 N–H and O–H groups in total. The fourth-order valence-electron chi connectivity index (χ4n) is 3.02. The molecule has 0 aromatic heterocycles. The summed E-state index contributed by atoms with van der Waals surface area (Å²) in [5, 5.41) is 18.3. The van der Waals surface area contributed by atoms with Crippen molar-refractivity contribution in [1.82, 2.24) is 0 Å². The van der Waals surface area contributed by atoms with Crippen LogP contribution in [0.3, 0.4) is 0 Å². The summed E-state index contributed by atoms with van der Waals surface area (Å²) in [7, 11) is 0. The van der Waals surface area contributed by atoms with Crippen LogP contribution >= 0.6 is 0 Å². The monoisotopic (exact) mass is 498 g/mol. The molecule has 0 spiro atoms. The van der Waals surface area contributed by atoms with Gasteiger partial charge in [0.25, 0.3) is 0 Å². The van der Waals surface area contributed by atoms with Crippen molar-refractivity contribution < 1.29 is 101 Å². The summed E-state index contributed by atoms with van der Waals surface area (Å²) in [4.78, 5) is 69.2. The first-order chi connectivity index (χ1) is 15.0. The molecule has 0 saturated heterocycles. The molecule has 0 rings (SSSR count). The average Bonchev–Trinajstić information content (AvgIpc) is 2.68. The van der Waals surface area contributed by atoms with Crippen molar-refractivity contribution in [3.8, 4) is 0 Å². The zero-order chi connectivity index (χ0) is 24.5. The molecule has 2 unspecified atom stereocenters. The molecule has 0 radical (unpaired) electrons. The number of carboxylic acid groups (broad SMARTS) is 2. The van der Waals surface area contributed by atoms with E-state index in [1.165, 1.54) is 13.8 Å². The average molecular weight is 499 g/mol. The zero-order valence-corrected chi connectivity index (χ0v) is 22.9. The van der Waals surface area contributed by atoms with Gasteiger partial charge < -0.3 is 30.7 Å². The molecule has 0 aliphatic heterocycles. The van der Waals surface area contributed by atoms with Gasteiger partial charge in [0.05, 0.1) is 37.9 Å². The number of rotatable bonds is 19. The van der Waals surface area contributed by atoms with Crippen molar-refractivity contribution in [2.24, 2.45) is 11.8 Å². The van der Waals surface area contributed by atoms with Crippen LogP contribution in [0.5, 0.6) is 0 Å². The number of esters is 2. The van der Waals surface area contributed by atoms with Gasteiger partial charge in [-0.3, -0.25) is 19.2 Å². The second-order valence-corrected chi connectivity index (χ2v) is 7.77. The Balaban J connectivity index is -0.00000480. The van der Waals surface area contributed by atoms with Gasteiger partial charge >= 0.3 is 75.3 Å². The van der Waals surface area contributed by atoms with Gasteiger partial charge in [0.2, 0.25) is 0 Å². The molecule has 0 aliphatic carbocycles. The van der Waals surface area contributed by atoms with E-state index in [0.717, 1.165) is 0 Å². The summed E-state index contributed by atoms with van der Waals surface area (Å²) >= 11 is 0. The Labute approximate surface area is 238 Å². The fraction of sp³-hybridized carbons (Fsp3) is 0.727. The Morgan fingerprint density at radius 1 is 0.636 bits per heavy atom. The normalized spacial score (nSPS) is 12.1. The third kappa shape index (κ3) is 18.9. The van der Waals surface area contributed by atoms with Crippen molar-refractivity contribution in [2.45, 2.75) is 78.1 Å². The molecule has 2 atom stereocenters. The van der Waals surface area contributed by atoms with Crippen LogP contribution in [0.2, 0.25) is 0 Å². The molecule has 0 amide bonds. The van der Waals surface area contributed by atoms with Gasteiger partial charge in [-0.2, -0.15) is 0 Å². The number of carbonyl (C=O) groups excluding carboxylic acids is 4. The van der Waals surface area contributed by atoms with Gasteiger partial charge in [-0.15, -0.1) is 0 Å². The summed E-state index contributed by atoms with van der Waals surface area (Å²) in [5.41, 5.74) is 0. The molecule has 0 saturated carbocycles. The minimum Gasteiger partial charge on any atom is -1.00 e. The maximum absolute atomic E-state index is 12.5. The molecule has 0 aromatic rings. The summed E-state index contributed by atoms with van der Waals surface area (Å²) in [6.07, 6.45) is 2.70. The number of aliphatic carboxylic acids is 2. The summed E-state index contributed by atoms with van der Waals surface area (Å²) in [6, 6.07) is 0. The van der Waals surface area contributed by atoms with E-state index in [4.69, 9.17) is 19.7 Å². The maximum atomic E-state index is 12.5. The zero-order valence-electron chi connectivity index (χ0n) is 20.8.